The molecule has 150 valence electrons. The first kappa shape index (κ1) is 19.4. The van der Waals surface area contributed by atoms with Gasteiger partial charge in [-0.3, -0.25) is 9.59 Å². The smallest absolute Gasteiger partial charge is 0.406 e. The Labute approximate surface area is 167 Å². The Bertz CT molecular complexity index is 1050. The summed E-state index contributed by atoms with van der Waals surface area (Å²) in [5.74, 6) is -0.283. The molecular formula is C20H15F3N2O3S. The second-order valence-corrected chi connectivity index (χ2v) is 7.73. The van der Waals surface area contributed by atoms with E-state index in [1.54, 1.807) is 29.1 Å². The number of rotatable bonds is 5. The lowest BCUT2D eigenvalue weighted by atomic mass is 9.97. The average Bonchev–Trinajstić information content (AvgIpc) is 3.31. The van der Waals surface area contributed by atoms with Crippen LogP contribution in [0.25, 0.3) is 10.4 Å². The Morgan fingerprint density at radius 3 is 2.72 bits per heavy atom. The minimum Gasteiger partial charge on any atom is -0.406 e. The summed E-state index contributed by atoms with van der Waals surface area (Å²) in [5, 5.41) is 0.617. The molecule has 0 fully saturated rings. The quantitative estimate of drug-likeness (QED) is 0.593. The molecule has 0 bridgehead atoms. The first-order valence-electron chi connectivity index (χ1n) is 8.84. The van der Waals surface area contributed by atoms with Gasteiger partial charge in [-0.25, -0.2) is 4.98 Å². The number of halogens is 3. The fourth-order valence-electron chi connectivity index (χ4n) is 3.37. The summed E-state index contributed by atoms with van der Waals surface area (Å²) in [4.78, 5) is 29.7. The minimum absolute atomic E-state index is 0.0234. The Hall–Kier alpha value is -2.94. The molecule has 4 rings (SSSR count). The highest BCUT2D eigenvalue weighted by molar-refractivity contribution is 7.15. The number of alkyl halides is 3. The van der Waals surface area contributed by atoms with Crippen molar-refractivity contribution < 1.29 is 27.5 Å². The number of hydrogen-bond acceptors (Lipinski definition) is 5. The number of aromatic nitrogens is 2. The van der Waals surface area contributed by atoms with Crippen LogP contribution in [0, 0.1) is 0 Å². The number of benzene rings is 1. The number of Topliss-reactive ketones (excluding diaryl/α,β-unsaturated/α-hetero) is 2. The Balaban J connectivity index is 1.45. The van der Waals surface area contributed by atoms with Gasteiger partial charge >= 0.3 is 6.36 Å². The van der Waals surface area contributed by atoms with Gasteiger partial charge in [0.1, 0.15) is 10.8 Å². The van der Waals surface area contributed by atoms with Crippen LogP contribution in [-0.2, 0) is 11.2 Å². The Morgan fingerprint density at radius 1 is 1.24 bits per heavy atom. The van der Waals surface area contributed by atoms with Crippen LogP contribution in [0.1, 0.15) is 34.4 Å². The maximum atomic E-state index is 12.8. The zero-order valence-corrected chi connectivity index (χ0v) is 15.8. The van der Waals surface area contributed by atoms with Crippen LogP contribution in [0.4, 0.5) is 13.2 Å². The van der Waals surface area contributed by atoms with Gasteiger partial charge in [-0.15, -0.1) is 24.5 Å². The summed E-state index contributed by atoms with van der Waals surface area (Å²) in [5.41, 5.74) is 1.24. The van der Waals surface area contributed by atoms with Crippen LogP contribution < -0.4 is 4.74 Å². The van der Waals surface area contributed by atoms with Gasteiger partial charge in [0.2, 0.25) is 0 Å². The minimum atomic E-state index is -4.73. The number of nitrogens with zero attached hydrogens (tertiary/aromatic N) is 2. The van der Waals surface area contributed by atoms with E-state index in [9.17, 15) is 22.8 Å². The van der Waals surface area contributed by atoms with Crippen molar-refractivity contribution in [2.75, 3.05) is 0 Å². The molecule has 0 radical (unpaired) electrons. The van der Waals surface area contributed by atoms with Crippen molar-refractivity contribution in [3.63, 3.8) is 0 Å². The zero-order valence-electron chi connectivity index (χ0n) is 15.0. The molecule has 0 N–H and O–H groups in total. The summed E-state index contributed by atoms with van der Waals surface area (Å²) in [6.07, 6.45) is -0.446. The van der Waals surface area contributed by atoms with E-state index in [2.05, 4.69) is 9.72 Å². The SMILES string of the molecule is O=C1CCC(C(=O)Cc2ncc(-c3ccc(OC(F)(F)F)cc3)s2)n2cccc21. The van der Waals surface area contributed by atoms with Crippen molar-refractivity contribution in [2.45, 2.75) is 31.7 Å². The fourth-order valence-corrected chi connectivity index (χ4v) is 4.30. The van der Waals surface area contributed by atoms with Gasteiger partial charge in [0.15, 0.2) is 11.6 Å². The molecule has 9 heteroatoms. The van der Waals surface area contributed by atoms with E-state index in [1.807, 2.05) is 0 Å². The van der Waals surface area contributed by atoms with E-state index in [4.69, 9.17) is 0 Å². The summed E-state index contributed by atoms with van der Waals surface area (Å²) >= 11 is 1.31. The van der Waals surface area contributed by atoms with Crippen molar-refractivity contribution in [3.05, 3.63) is 59.5 Å². The lowest BCUT2D eigenvalue weighted by Crippen LogP contribution is -2.28. The maximum absolute atomic E-state index is 12.8. The number of fused-ring (bicyclic) bond motifs is 1. The summed E-state index contributed by atoms with van der Waals surface area (Å²) < 4.78 is 42.4. The van der Waals surface area contributed by atoms with Gasteiger partial charge in [0.25, 0.3) is 0 Å². The molecule has 5 nitrogen and oxygen atoms in total. The summed E-state index contributed by atoms with van der Waals surface area (Å²) in [6, 6.07) is 8.59. The fraction of sp³-hybridized carbons (Fsp3) is 0.250. The number of hydrogen-bond donors (Lipinski definition) is 0. The van der Waals surface area contributed by atoms with Gasteiger partial charge in [0.05, 0.1) is 23.0 Å². The number of ketones is 2. The van der Waals surface area contributed by atoms with E-state index in [0.29, 0.717) is 29.1 Å². The molecule has 2 aromatic heterocycles. The standard InChI is InChI=1S/C20H15F3N2O3S/c21-20(22,23)28-13-5-3-12(4-6-13)18-11-24-19(29-18)10-17(27)15-7-8-16(26)14-2-1-9-25(14)15/h1-6,9,11,15H,7-8,10H2. The largest absolute Gasteiger partial charge is 0.573 e. The normalized spacial score (nSPS) is 16.5. The lowest BCUT2D eigenvalue weighted by molar-refractivity contribution is -0.274. The van der Waals surface area contributed by atoms with Crippen molar-refractivity contribution in [2.24, 2.45) is 0 Å². The molecular weight excluding hydrogens is 405 g/mol. The van der Waals surface area contributed by atoms with E-state index in [-0.39, 0.29) is 29.8 Å². The van der Waals surface area contributed by atoms with Gasteiger partial charge < -0.3 is 9.30 Å². The van der Waals surface area contributed by atoms with Gasteiger partial charge in [0, 0.05) is 18.8 Å². The molecule has 0 spiro atoms. The first-order valence-corrected chi connectivity index (χ1v) is 9.65. The molecule has 1 unspecified atom stereocenters. The highest BCUT2D eigenvalue weighted by Gasteiger charge is 2.31. The number of carbonyl (C=O) groups excluding carboxylic acids is 2. The molecule has 1 aromatic carbocycles. The zero-order chi connectivity index (χ0) is 20.6. The molecule has 1 atom stereocenters. The topological polar surface area (TPSA) is 61.2 Å². The highest BCUT2D eigenvalue weighted by Crippen LogP contribution is 2.31. The number of carbonyl (C=O) groups is 2. The molecule has 0 saturated carbocycles. The van der Waals surface area contributed by atoms with Crippen molar-refractivity contribution >= 4 is 22.9 Å². The Morgan fingerprint density at radius 2 is 2.00 bits per heavy atom. The van der Waals surface area contributed by atoms with E-state index >= 15 is 0 Å². The molecule has 1 aliphatic heterocycles. The maximum Gasteiger partial charge on any atom is 0.573 e. The second kappa shape index (κ2) is 7.47. The molecule has 0 saturated heterocycles. The van der Waals surface area contributed by atoms with Crippen LogP contribution in [-0.4, -0.2) is 27.5 Å². The monoisotopic (exact) mass is 420 g/mol. The first-order chi connectivity index (χ1) is 13.8. The molecule has 3 heterocycles. The van der Waals surface area contributed by atoms with E-state index < -0.39 is 6.36 Å². The van der Waals surface area contributed by atoms with Crippen molar-refractivity contribution in [1.29, 1.82) is 0 Å². The van der Waals surface area contributed by atoms with Crippen molar-refractivity contribution in [3.8, 4) is 16.2 Å². The number of ether oxygens (including phenoxy) is 1. The molecule has 3 aromatic rings. The predicted molar refractivity (Wildman–Crippen MR) is 100.0 cm³/mol. The van der Waals surface area contributed by atoms with Crippen LogP contribution in [0.2, 0.25) is 0 Å². The van der Waals surface area contributed by atoms with Gasteiger partial charge in [-0.05, 0) is 48.4 Å². The number of thiazole rings is 1. The molecule has 0 aliphatic carbocycles. The Kier molecular flexibility index (Phi) is 4.99. The highest BCUT2D eigenvalue weighted by atomic mass is 32.1. The lowest BCUT2D eigenvalue weighted by Gasteiger charge is -2.24. The molecule has 0 amide bonds. The van der Waals surface area contributed by atoms with Gasteiger partial charge in [-0.2, -0.15) is 0 Å². The van der Waals surface area contributed by atoms with Crippen molar-refractivity contribution in [1.82, 2.24) is 9.55 Å². The van der Waals surface area contributed by atoms with E-state index in [1.165, 1.54) is 35.6 Å². The van der Waals surface area contributed by atoms with Crippen LogP contribution >= 0.6 is 11.3 Å². The third-order valence-corrected chi connectivity index (χ3v) is 5.71. The second-order valence-electron chi connectivity index (χ2n) is 6.61. The summed E-state index contributed by atoms with van der Waals surface area (Å²) in [7, 11) is 0. The predicted octanol–water partition coefficient (Wildman–Crippen LogP) is 4.84. The van der Waals surface area contributed by atoms with Crippen LogP contribution in [0.5, 0.6) is 5.75 Å². The van der Waals surface area contributed by atoms with Crippen LogP contribution in [0.15, 0.2) is 48.8 Å². The average molecular weight is 420 g/mol. The van der Waals surface area contributed by atoms with Crippen LogP contribution in [0.3, 0.4) is 0 Å². The molecule has 29 heavy (non-hydrogen) atoms. The molecule has 1 aliphatic rings. The van der Waals surface area contributed by atoms with E-state index in [0.717, 1.165) is 4.88 Å². The summed E-state index contributed by atoms with van der Waals surface area (Å²) in [6.45, 7) is 0. The third kappa shape index (κ3) is 4.24. The third-order valence-electron chi connectivity index (χ3n) is 4.67. The van der Waals surface area contributed by atoms with Gasteiger partial charge in [-0.1, -0.05) is 0 Å².